The van der Waals surface area contributed by atoms with Crippen molar-refractivity contribution in [3.63, 3.8) is 0 Å². The number of aryl methyl sites for hydroxylation is 1. The van der Waals surface area contributed by atoms with Gasteiger partial charge in [-0.25, -0.2) is 9.97 Å². The van der Waals surface area contributed by atoms with Crippen molar-refractivity contribution in [2.24, 2.45) is 5.92 Å². The molecule has 1 amide bonds. The van der Waals surface area contributed by atoms with E-state index in [2.05, 4.69) is 15.1 Å². The van der Waals surface area contributed by atoms with Gasteiger partial charge in [-0.3, -0.25) is 12.5 Å². The minimum Gasteiger partial charge on any atom is -0.323 e. The van der Waals surface area contributed by atoms with Crippen LogP contribution in [0.2, 0.25) is 0 Å². The molecule has 3 heterocycles. The van der Waals surface area contributed by atoms with E-state index < -0.39 is 21.2 Å². The highest BCUT2D eigenvalue weighted by Crippen LogP contribution is 2.46. The lowest BCUT2D eigenvalue weighted by Crippen LogP contribution is -2.44. The zero-order valence-electron chi connectivity index (χ0n) is 16.3. The summed E-state index contributed by atoms with van der Waals surface area (Å²) in [6.45, 7) is 2.07. The monoisotopic (exact) mass is 514 g/mol. The second kappa shape index (κ2) is 7.50. The molecule has 1 saturated heterocycles. The third-order valence-corrected chi connectivity index (χ3v) is 8.32. The number of nitriles is 1. The van der Waals surface area contributed by atoms with Gasteiger partial charge in [-0.2, -0.15) is 10.4 Å². The summed E-state index contributed by atoms with van der Waals surface area (Å²) in [5.41, 5.74) is 3.40. The fourth-order valence-electron chi connectivity index (χ4n) is 4.76. The standard InChI is InChI=1S/C21H19IN6O2/c1-12-17-5-3-13(15-9-24-19(8-23)25-10-15)7-18(17)27(26-12)11-20(29)28-16-4-2-14(6-16)21(28)22-30/h3,5,7,9-10,14,16,21H,2,4,6,11H2,1H3. The maximum Gasteiger partial charge on any atom is 0.245 e. The van der Waals surface area contributed by atoms with E-state index in [0.29, 0.717) is 5.92 Å². The van der Waals surface area contributed by atoms with E-state index in [9.17, 15) is 7.86 Å². The Balaban J connectivity index is 1.47. The highest BCUT2D eigenvalue weighted by atomic mass is 127. The van der Waals surface area contributed by atoms with Crippen molar-refractivity contribution < 1.29 is 7.86 Å². The second-order valence-electron chi connectivity index (χ2n) is 7.87. The summed E-state index contributed by atoms with van der Waals surface area (Å²) < 4.78 is 13.5. The van der Waals surface area contributed by atoms with Crippen LogP contribution >= 0.6 is 21.2 Å². The number of hydrogen-bond donors (Lipinski definition) is 0. The lowest BCUT2D eigenvalue weighted by molar-refractivity contribution is -0.134. The molecule has 3 aromatic rings. The summed E-state index contributed by atoms with van der Waals surface area (Å²) in [4.78, 5) is 23.1. The molecule has 5 rings (SSSR count). The van der Waals surface area contributed by atoms with E-state index in [1.807, 2.05) is 36.1 Å². The van der Waals surface area contributed by atoms with Gasteiger partial charge in [0.25, 0.3) is 0 Å². The van der Waals surface area contributed by atoms with Crippen LogP contribution in [0.1, 0.15) is 30.8 Å². The topological polar surface area (TPSA) is 105 Å². The Hall–Kier alpha value is -2.74. The molecule has 2 aliphatic rings. The third-order valence-electron chi connectivity index (χ3n) is 6.18. The Kier molecular flexibility index (Phi) is 4.81. The van der Waals surface area contributed by atoms with Gasteiger partial charge in [0, 0.05) is 29.4 Å². The predicted octanol–water partition coefficient (Wildman–Crippen LogP) is 3.33. The zero-order chi connectivity index (χ0) is 20.8. The van der Waals surface area contributed by atoms with E-state index in [1.54, 1.807) is 17.1 Å². The molecule has 3 atom stereocenters. The largest absolute Gasteiger partial charge is 0.323 e. The number of aromatic nitrogens is 4. The Morgan fingerprint density at radius 3 is 2.80 bits per heavy atom. The number of carbonyl (C=O) groups excluding carboxylic acids is 1. The van der Waals surface area contributed by atoms with Crippen LogP contribution in [0.3, 0.4) is 0 Å². The van der Waals surface area contributed by atoms with Gasteiger partial charge in [-0.05, 0) is 43.7 Å². The first-order valence-electron chi connectivity index (χ1n) is 9.85. The van der Waals surface area contributed by atoms with Gasteiger partial charge >= 0.3 is 0 Å². The first-order chi connectivity index (χ1) is 14.6. The summed E-state index contributed by atoms with van der Waals surface area (Å²) >= 11 is -1.24. The molecule has 3 unspecified atom stereocenters. The Labute approximate surface area is 183 Å². The molecule has 2 aromatic heterocycles. The number of carbonyl (C=O) groups is 1. The summed E-state index contributed by atoms with van der Waals surface area (Å²) in [6.07, 6.45) is 6.32. The smallest absolute Gasteiger partial charge is 0.245 e. The minimum absolute atomic E-state index is 0.000686. The average Bonchev–Trinajstić information content (AvgIpc) is 3.47. The Morgan fingerprint density at radius 1 is 1.27 bits per heavy atom. The average molecular weight is 514 g/mol. The van der Waals surface area contributed by atoms with Crippen molar-refractivity contribution in [3.05, 3.63) is 42.1 Å². The fraction of sp³-hybridized carbons (Fsp3) is 0.381. The molecule has 8 nitrogen and oxygen atoms in total. The van der Waals surface area contributed by atoms with E-state index in [-0.39, 0.29) is 28.4 Å². The van der Waals surface area contributed by atoms with Crippen LogP contribution in [0.4, 0.5) is 0 Å². The third kappa shape index (κ3) is 3.10. The number of hydrogen-bond acceptors (Lipinski definition) is 6. The van der Waals surface area contributed by atoms with Crippen LogP contribution in [-0.2, 0) is 14.4 Å². The van der Waals surface area contributed by atoms with Crippen molar-refractivity contribution in [1.29, 1.82) is 5.26 Å². The van der Waals surface area contributed by atoms with Crippen molar-refractivity contribution in [1.82, 2.24) is 24.6 Å². The summed E-state index contributed by atoms with van der Waals surface area (Å²) in [7, 11) is 0. The number of likely N-dealkylation sites (tertiary alicyclic amines) is 1. The van der Waals surface area contributed by atoms with Gasteiger partial charge in [0.15, 0.2) is 21.2 Å². The van der Waals surface area contributed by atoms with Gasteiger partial charge in [-0.1, -0.05) is 12.1 Å². The van der Waals surface area contributed by atoms with Gasteiger partial charge < -0.3 is 4.90 Å². The molecule has 0 spiro atoms. The number of alkyl halides is 1. The van der Waals surface area contributed by atoms with Crippen LogP contribution < -0.4 is 0 Å². The molecule has 2 fully saturated rings. The minimum atomic E-state index is -1.24. The quantitative estimate of drug-likeness (QED) is 0.301. The number of benzene rings is 1. The molecule has 2 bridgehead atoms. The molecule has 1 aromatic carbocycles. The molecular weight excluding hydrogens is 495 g/mol. The number of nitrogens with zero attached hydrogens (tertiary/aromatic N) is 6. The first kappa shape index (κ1) is 19.2. The second-order valence-corrected chi connectivity index (χ2v) is 9.66. The number of halogens is 1. The molecule has 1 aliphatic carbocycles. The van der Waals surface area contributed by atoms with Crippen LogP contribution in [-0.4, -0.2) is 40.6 Å². The Morgan fingerprint density at radius 2 is 2.07 bits per heavy atom. The normalized spacial score (nSPS) is 22.5. The lowest BCUT2D eigenvalue weighted by atomic mass is 10.1. The van der Waals surface area contributed by atoms with Crippen LogP contribution in [0, 0.1) is 24.2 Å². The van der Waals surface area contributed by atoms with E-state index in [4.69, 9.17) is 5.26 Å². The number of piperidine rings is 1. The van der Waals surface area contributed by atoms with Crippen molar-refractivity contribution in [2.45, 2.75) is 42.8 Å². The summed E-state index contributed by atoms with van der Waals surface area (Å²) in [6, 6.07) is 8.07. The van der Waals surface area contributed by atoms with Gasteiger partial charge in [0.1, 0.15) is 16.7 Å². The number of rotatable bonds is 4. The van der Waals surface area contributed by atoms with E-state index in [0.717, 1.165) is 47.0 Å². The van der Waals surface area contributed by atoms with E-state index in [1.165, 1.54) is 0 Å². The summed E-state index contributed by atoms with van der Waals surface area (Å²) in [5, 5.41) is 14.5. The van der Waals surface area contributed by atoms with Gasteiger partial charge in [0.05, 0.1) is 11.2 Å². The maximum atomic E-state index is 13.1. The molecule has 0 N–H and O–H groups in total. The summed E-state index contributed by atoms with van der Waals surface area (Å²) in [5.74, 6) is 0.532. The van der Waals surface area contributed by atoms with Crippen molar-refractivity contribution >= 4 is 38.0 Å². The molecule has 1 aliphatic heterocycles. The highest BCUT2D eigenvalue weighted by Gasteiger charge is 2.48. The number of fused-ring (bicyclic) bond motifs is 3. The molecule has 9 heteroatoms. The Bertz CT molecular complexity index is 1200. The number of amides is 1. The van der Waals surface area contributed by atoms with Crippen LogP contribution in [0.5, 0.6) is 0 Å². The molecule has 30 heavy (non-hydrogen) atoms. The van der Waals surface area contributed by atoms with Crippen LogP contribution in [0.15, 0.2) is 30.6 Å². The van der Waals surface area contributed by atoms with E-state index >= 15 is 0 Å². The van der Waals surface area contributed by atoms with Crippen molar-refractivity contribution in [2.75, 3.05) is 0 Å². The van der Waals surface area contributed by atoms with Gasteiger partial charge in [-0.15, -0.1) is 0 Å². The molecule has 0 radical (unpaired) electrons. The fourth-order valence-corrected chi connectivity index (χ4v) is 6.84. The molecule has 152 valence electrons. The highest BCUT2D eigenvalue weighted by molar-refractivity contribution is 14.1. The maximum absolute atomic E-state index is 13.1. The first-order valence-corrected chi connectivity index (χ1v) is 12.0. The van der Waals surface area contributed by atoms with Crippen LogP contribution in [0.25, 0.3) is 22.0 Å². The molecular formula is C21H19IN6O2. The molecule has 1 saturated carbocycles. The zero-order valence-corrected chi connectivity index (χ0v) is 18.5. The van der Waals surface area contributed by atoms with Crippen molar-refractivity contribution in [3.8, 4) is 17.2 Å². The SMILES string of the molecule is Cc1nn(CC(=O)N2C3CCC(C3)C2I=O)c2cc(-c3cnc(C#N)nc3)ccc12. The predicted molar refractivity (Wildman–Crippen MR) is 117 cm³/mol. The lowest BCUT2D eigenvalue weighted by Gasteiger charge is -2.31. The van der Waals surface area contributed by atoms with Gasteiger partial charge in [0.2, 0.25) is 11.7 Å².